The zero-order chi connectivity index (χ0) is 24.2. The summed E-state index contributed by atoms with van der Waals surface area (Å²) in [5.74, 6) is -1.53. The molecule has 1 unspecified atom stereocenters. The smallest absolute Gasteiger partial charge is 0.312 e. The van der Waals surface area contributed by atoms with Gasteiger partial charge in [0, 0.05) is 16.5 Å². The van der Waals surface area contributed by atoms with E-state index in [9.17, 15) is 18.0 Å². The third kappa shape index (κ3) is 3.62. The lowest BCUT2D eigenvalue weighted by atomic mass is 9.97. The Bertz CT molecular complexity index is 1620. The molecule has 2 aliphatic rings. The average Bonchev–Trinajstić information content (AvgIpc) is 3.14. The summed E-state index contributed by atoms with van der Waals surface area (Å²) < 4.78 is 31.5. The van der Waals surface area contributed by atoms with Crippen LogP contribution in [0.15, 0.2) is 66.7 Å². The van der Waals surface area contributed by atoms with E-state index in [1.807, 2.05) is 30.3 Å². The summed E-state index contributed by atoms with van der Waals surface area (Å²) in [7, 11) is -3.82. The molecule has 1 atom stereocenters. The summed E-state index contributed by atoms with van der Waals surface area (Å²) in [6.07, 6.45) is 3.94. The molecule has 1 heterocycles. The Hall–Kier alpha value is -3.58. The first-order valence-corrected chi connectivity index (χ1v) is 13.3. The predicted octanol–water partition coefficient (Wildman–Crippen LogP) is 5.59. The molecule has 3 aromatic carbocycles. The van der Waals surface area contributed by atoms with Gasteiger partial charge < -0.3 is 4.18 Å². The van der Waals surface area contributed by atoms with E-state index in [1.165, 1.54) is 0 Å². The molecule has 6 nitrogen and oxygen atoms in total. The van der Waals surface area contributed by atoms with E-state index in [0.717, 1.165) is 30.0 Å². The highest BCUT2D eigenvalue weighted by molar-refractivity contribution is 7.87. The van der Waals surface area contributed by atoms with Crippen molar-refractivity contribution in [3.8, 4) is 5.75 Å². The largest absolute Gasteiger partial charge is 0.380 e. The van der Waals surface area contributed by atoms with Gasteiger partial charge in [0.15, 0.2) is 17.3 Å². The number of fused-ring (bicyclic) bond motifs is 4. The minimum Gasteiger partial charge on any atom is -0.380 e. The fraction of sp³-hybridized carbons (Fsp3) is 0.250. The minimum absolute atomic E-state index is 0.121. The summed E-state index contributed by atoms with van der Waals surface area (Å²) in [5, 5.41) is 1.78. The Morgan fingerprint density at radius 3 is 2.34 bits per heavy atom. The van der Waals surface area contributed by atoms with Crippen LogP contribution in [-0.4, -0.2) is 30.2 Å². The standard InChI is InChI=1S/C28H23NO5S/c30-27-21-15-13-17-7-4-5-11-20(17)24(21)28(31)25(27)22-16-14-18-8-6-12-23(26(18)29-22)34-35(32,33)19-9-2-1-3-10-19/h4-8,11-16,19,25H,1-3,9-10H2. The molecule has 2 aliphatic carbocycles. The Morgan fingerprint density at radius 1 is 0.771 bits per heavy atom. The highest BCUT2D eigenvalue weighted by Gasteiger charge is 2.41. The SMILES string of the molecule is O=C1c2ccc3ccccc3c2C(=O)C1c1ccc2cccc(OS(=O)(=O)C3CCCCC3)c2n1. The molecule has 1 aromatic heterocycles. The molecule has 7 heteroatoms. The van der Waals surface area contributed by atoms with Gasteiger partial charge in [-0.15, -0.1) is 0 Å². The molecule has 0 saturated heterocycles. The summed E-state index contributed by atoms with van der Waals surface area (Å²) >= 11 is 0. The van der Waals surface area contributed by atoms with E-state index in [1.54, 1.807) is 36.4 Å². The van der Waals surface area contributed by atoms with Crippen LogP contribution in [-0.2, 0) is 10.1 Å². The molecule has 1 saturated carbocycles. The number of Topliss-reactive ketones (excluding diaryl/α,β-unsaturated/α-hetero) is 2. The van der Waals surface area contributed by atoms with E-state index in [-0.39, 0.29) is 17.3 Å². The van der Waals surface area contributed by atoms with Crippen LogP contribution in [0, 0.1) is 0 Å². The third-order valence-corrected chi connectivity index (χ3v) is 8.83. The molecule has 1 fully saturated rings. The van der Waals surface area contributed by atoms with Crippen molar-refractivity contribution in [2.24, 2.45) is 0 Å². The lowest BCUT2D eigenvalue weighted by molar-refractivity contribution is 0.0888. The van der Waals surface area contributed by atoms with Gasteiger partial charge in [0.1, 0.15) is 11.4 Å². The average molecular weight is 486 g/mol. The van der Waals surface area contributed by atoms with Crippen molar-refractivity contribution < 1.29 is 22.2 Å². The molecule has 6 rings (SSSR count). The number of ketones is 2. The number of carbonyl (C=O) groups excluding carboxylic acids is 2. The van der Waals surface area contributed by atoms with E-state index in [2.05, 4.69) is 4.98 Å². The van der Waals surface area contributed by atoms with Crippen molar-refractivity contribution in [1.82, 2.24) is 4.98 Å². The van der Waals surface area contributed by atoms with Crippen LogP contribution >= 0.6 is 0 Å². The molecule has 0 aliphatic heterocycles. The van der Waals surface area contributed by atoms with Gasteiger partial charge in [-0.1, -0.05) is 67.8 Å². The fourth-order valence-electron chi connectivity index (χ4n) is 5.34. The van der Waals surface area contributed by atoms with Gasteiger partial charge in [0.25, 0.3) is 0 Å². The topological polar surface area (TPSA) is 90.4 Å². The van der Waals surface area contributed by atoms with Gasteiger partial charge >= 0.3 is 10.1 Å². The Labute approximate surface area is 203 Å². The second-order valence-electron chi connectivity index (χ2n) is 9.27. The van der Waals surface area contributed by atoms with Crippen molar-refractivity contribution in [1.29, 1.82) is 0 Å². The normalized spacial score (nSPS) is 18.8. The van der Waals surface area contributed by atoms with Crippen molar-refractivity contribution in [3.63, 3.8) is 0 Å². The first kappa shape index (κ1) is 21.9. The number of para-hydroxylation sites is 1. The molecule has 35 heavy (non-hydrogen) atoms. The highest BCUT2D eigenvalue weighted by Crippen LogP contribution is 2.38. The lowest BCUT2D eigenvalue weighted by Gasteiger charge is -2.21. The van der Waals surface area contributed by atoms with Crippen molar-refractivity contribution >= 4 is 43.4 Å². The number of pyridine rings is 1. The van der Waals surface area contributed by atoms with E-state index >= 15 is 0 Å². The first-order chi connectivity index (χ1) is 16.9. The zero-order valence-electron chi connectivity index (χ0n) is 18.9. The van der Waals surface area contributed by atoms with Gasteiger partial charge in [0.2, 0.25) is 0 Å². The second kappa shape index (κ2) is 8.27. The third-order valence-electron chi connectivity index (χ3n) is 7.13. The molecule has 0 N–H and O–H groups in total. The monoisotopic (exact) mass is 485 g/mol. The van der Waals surface area contributed by atoms with Crippen LogP contribution in [0.2, 0.25) is 0 Å². The van der Waals surface area contributed by atoms with Crippen LogP contribution in [0.3, 0.4) is 0 Å². The van der Waals surface area contributed by atoms with Gasteiger partial charge in [-0.3, -0.25) is 9.59 Å². The molecular formula is C28H23NO5S. The van der Waals surface area contributed by atoms with Gasteiger partial charge in [-0.2, -0.15) is 8.42 Å². The first-order valence-electron chi connectivity index (χ1n) is 11.9. The molecular weight excluding hydrogens is 462 g/mol. The number of hydrogen-bond acceptors (Lipinski definition) is 6. The molecule has 176 valence electrons. The summed E-state index contributed by atoms with van der Waals surface area (Å²) in [6, 6.07) is 19.5. The number of aromatic nitrogens is 1. The van der Waals surface area contributed by atoms with Crippen LogP contribution in [0.25, 0.3) is 21.7 Å². The Morgan fingerprint density at radius 2 is 1.51 bits per heavy atom. The molecule has 0 radical (unpaired) electrons. The Balaban J connectivity index is 1.41. The van der Waals surface area contributed by atoms with E-state index in [0.29, 0.717) is 40.6 Å². The maximum Gasteiger partial charge on any atom is 0.312 e. The molecule has 0 amide bonds. The Kier molecular flexibility index (Phi) is 5.18. The maximum absolute atomic E-state index is 13.5. The van der Waals surface area contributed by atoms with Crippen molar-refractivity contribution in [3.05, 3.63) is 83.6 Å². The quantitative estimate of drug-likeness (QED) is 0.276. The summed E-state index contributed by atoms with van der Waals surface area (Å²) in [5.41, 5.74) is 1.43. The molecule has 4 aromatic rings. The van der Waals surface area contributed by atoms with Crippen molar-refractivity contribution in [2.45, 2.75) is 43.3 Å². The zero-order valence-corrected chi connectivity index (χ0v) is 19.8. The van der Waals surface area contributed by atoms with Crippen LogP contribution in [0.4, 0.5) is 0 Å². The van der Waals surface area contributed by atoms with Crippen LogP contribution in [0.5, 0.6) is 5.75 Å². The van der Waals surface area contributed by atoms with E-state index in [4.69, 9.17) is 4.18 Å². The summed E-state index contributed by atoms with van der Waals surface area (Å²) in [6.45, 7) is 0. The summed E-state index contributed by atoms with van der Waals surface area (Å²) in [4.78, 5) is 31.4. The van der Waals surface area contributed by atoms with Gasteiger partial charge in [0.05, 0.1) is 10.9 Å². The van der Waals surface area contributed by atoms with Gasteiger partial charge in [-0.05, 0) is 41.8 Å². The van der Waals surface area contributed by atoms with E-state index < -0.39 is 21.3 Å². The number of carbonyl (C=O) groups is 2. The molecule has 0 bridgehead atoms. The number of benzene rings is 3. The van der Waals surface area contributed by atoms with Crippen LogP contribution < -0.4 is 4.18 Å². The number of nitrogens with zero attached hydrogens (tertiary/aromatic N) is 1. The minimum atomic E-state index is -3.82. The predicted molar refractivity (Wildman–Crippen MR) is 134 cm³/mol. The van der Waals surface area contributed by atoms with Crippen molar-refractivity contribution in [2.75, 3.05) is 0 Å². The lowest BCUT2D eigenvalue weighted by Crippen LogP contribution is -2.28. The molecule has 0 spiro atoms. The van der Waals surface area contributed by atoms with Gasteiger partial charge in [-0.25, -0.2) is 4.98 Å². The maximum atomic E-state index is 13.5. The van der Waals surface area contributed by atoms with Crippen LogP contribution in [0.1, 0.15) is 64.4 Å². The fourth-order valence-corrected chi connectivity index (χ4v) is 6.77. The highest BCUT2D eigenvalue weighted by atomic mass is 32.2. The number of rotatable bonds is 4. The number of hydrogen-bond donors (Lipinski definition) is 0. The second-order valence-corrected chi connectivity index (χ2v) is 11.1.